The fraction of sp³-hybridized carbons (Fsp3) is 0.943. The highest BCUT2D eigenvalue weighted by Crippen LogP contribution is 2.45. The first-order valence-corrected chi connectivity index (χ1v) is 39.5. The van der Waals surface area contributed by atoms with Crippen LogP contribution in [0.4, 0.5) is 0 Å². The van der Waals surface area contributed by atoms with Crippen LogP contribution in [0.1, 0.15) is 356 Å². The van der Waals surface area contributed by atoms with Gasteiger partial charge in [-0.3, -0.25) is 37.3 Å². The lowest BCUT2D eigenvalue weighted by atomic mass is 10.0. The number of hydrogen-bond donors (Lipinski definition) is 3. The van der Waals surface area contributed by atoms with Gasteiger partial charge in [0, 0.05) is 25.7 Å². The predicted molar refractivity (Wildman–Crippen MR) is 358 cm³/mol. The Morgan fingerprint density at radius 2 is 0.517 bits per heavy atom. The molecule has 0 saturated carbocycles. The first-order chi connectivity index (χ1) is 42.9. The molecule has 0 bridgehead atoms. The van der Waals surface area contributed by atoms with Crippen molar-refractivity contribution in [3.63, 3.8) is 0 Å². The maximum Gasteiger partial charge on any atom is 0.472 e. The number of aliphatic hydroxyl groups is 1. The van der Waals surface area contributed by atoms with Gasteiger partial charge in [0.25, 0.3) is 0 Å². The third-order valence-electron chi connectivity index (χ3n) is 16.2. The fourth-order valence-corrected chi connectivity index (χ4v) is 12.2. The Bertz CT molecular complexity index is 1730. The molecular weight excluding hydrogens is 1170 g/mol. The van der Waals surface area contributed by atoms with Gasteiger partial charge in [0.15, 0.2) is 12.2 Å². The highest BCUT2D eigenvalue weighted by atomic mass is 31.2. The standard InChI is InChI=1S/C70H136O17P2/c1-7-9-11-13-14-15-30-36-42-48-54-69(74)86-65(58-80-67(72)52-46-38-12-10-8-2)60-84-88(76,77)82-56-64(71)57-83-89(78,79)85-61-66(59-81-68(73)53-47-41-35-31-27-26-29-34-40-45-51-63(5)6)87-70(75)55-49-43-37-32-25-23-21-19-17-16-18-20-22-24-28-33-39-44-50-62(3)4/h62-66,71H,7-61H2,1-6H3,(H,76,77)(H,78,79)/t64-,65+,66+/m0/s1. The van der Waals surface area contributed by atoms with Crippen LogP contribution in [0, 0.1) is 11.8 Å². The second-order valence-corrected chi connectivity index (χ2v) is 29.1. The summed E-state index contributed by atoms with van der Waals surface area (Å²) in [6.45, 7) is 9.48. The van der Waals surface area contributed by atoms with E-state index < -0.39 is 97.5 Å². The molecule has 0 aromatic carbocycles. The summed E-state index contributed by atoms with van der Waals surface area (Å²) in [5.41, 5.74) is 0. The molecule has 528 valence electrons. The summed E-state index contributed by atoms with van der Waals surface area (Å²) >= 11 is 0. The van der Waals surface area contributed by atoms with Crippen LogP contribution >= 0.6 is 15.6 Å². The SMILES string of the molecule is CCCCCCCCCCCCC(=O)O[C@H](COC(=O)CCCCCCC)COP(=O)(O)OC[C@H](O)COP(=O)(O)OC[C@@H](COC(=O)CCCCCCCCCCCCC(C)C)OC(=O)CCCCCCCCCCCCCCCCCCCCC(C)C. The molecule has 0 aromatic rings. The zero-order valence-electron chi connectivity index (χ0n) is 57.7. The summed E-state index contributed by atoms with van der Waals surface area (Å²) in [4.78, 5) is 72.2. The number of carbonyl (C=O) groups excluding carboxylic acids is 4. The van der Waals surface area contributed by atoms with Gasteiger partial charge in [-0.1, -0.05) is 305 Å². The molecular formula is C70H136O17P2. The maximum atomic E-state index is 13.0. The largest absolute Gasteiger partial charge is 0.472 e. The summed E-state index contributed by atoms with van der Waals surface area (Å²) in [5, 5.41) is 10.5. The molecule has 0 aromatic heterocycles. The van der Waals surface area contributed by atoms with Crippen LogP contribution in [0.15, 0.2) is 0 Å². The van der Waals surface area contributed by atoms with Crippen molar-refractivity contribution >= 4 is 39.5 Å². The Hall–Kier alpha value is -1.94. The number of ether oxygens (including phenoxy) is 4. The lowest BCUT2D eigenvalue weighted by Crippen LogP contribution is -2.30. The third kappa shape index (κ3) is 64.6. The Balaban J connectivity index is 5.11. The minimum atomic E-state index is -4.95. The van der Waals surface area contributed by atoms with Gasteiger partial charge in [0.2, 0.25) is 0 Å². The van der Waals surface area contributed by atoms with Gasteiger partial charge < -0.3 is 33.8 Å². The molecule has 5 atom stereocenters. The van der Waals surface area contributed by atoms with Crippen LogP contribution in [-0.4, -0.2) is 96.7 Å². The van der Waals surface area contributed by atoms with Crippen LogP contribution in [0.5, 0.6) is 0 Å². The summed E-state index contributed by atoms with van der Waals surface area (Å²) < 4.78 is 68.0. The number of phosphoric ester groups is 2. The molecule has 19 heteroatoms. The Kier molecular flexibility index (Phi) is 60.8. The van der Waals surface area contributed by atoms with E-state index >= 15 is 0 Å². The number of unbranched alkanes of at least 4 members (excludes halogenated alkanes) is 39. The van der Waals surface area contributed by atoms with Gasteiger partial charge in [-0.05, 0) is 37.5 Å². The molecule has 0 aliphatic carbocycles. The van der Waals surface area contributed by atoms with E-state index in [1.54, 1.807) is 0 Å². The van der Waals surface area contributed by atoms with E-state index in [4.69, 9.17) is 37.0 Å². The smallest absolute Gasteiger partial charge is 0.462 e. The number of hydrogen-bond acceptors (Lipinski definition) is 15. The van der Waals surface area contributed by atoms with E-state index in [1.807, 2.05) is 0 Å². The van der Waals surface area contributed by atoms with E-state index in [1.165, 1.54) is 167 Å². The second kappa shape index (κ2) is 62.2. The van der Waals surface area contributed by atoms with Gasteiger partial charge >= 0.3 is 39.5 Å². The van der Waals surface area contributed by atoms with Crippen molar-refractivity contribution in [2.75, 3.05) is 39.6 Å². The molecule has 17 nitrogen and oxygen atoms in total. The van der Waals surface area contributed by atoms with Gasteiger partial charge in [-0.2, -0.15) is 0 Å². The average molecular weight is 1310 g/mol. The van der Waals surface area contributed by atoms with Crippen molar-refractivity contribution in [2.45, 2.75) is 374 Å². The minimum absolute atomic E-state index is 0.105. The molecule has 0 aliphatic heterocycles. The van der Waals surface area contributed by atoms with E-state index in [-0.39, 0.29) is 25.7 Å². The van der Waals surface area contributed by atoms with Crippen molar-refractivity contribution in [1.82, 2.24) is 0 Å². The van der Waals surface area contributed by atoms with Crippen LogP contribution in [0.2, 0.25) is 0 Å². The maximum absolute atomic E-state index is 13.0. The van der Waals surface area contributed by atoms with E-state index in [0.29, 0.717) is 25.7 Å². The van der Waals surface area contributed by atoms with Crippen molar-refractivity contribution in [3.8, 4) is 0 Å². The quantitative estimate of drug-likeness (QED) is 0.0222. The number of esters is 4. The molecule has 0 fully saturated rings. The highest BCUT2D eigenvalue weighted by molar-refractivity contribution is 7.47. The summed E-state index contributed by atoms with van der Waals surface area (Å²) in [7, 11) is -9.89. The van der Waals surface area contributed by atoms with Gasteiger partial charge in [-0.15, -0.1) is 0 Å². The number of rotatable bonds is 69. The Labute approximate surface area is 543 Å². The molecule has 0 saturated heterocycles. The average Bonchev–Trinajstić information content (AvgIpc) is 3.66. The third-order valence-corrected chi connectivity index (χ3v) is 18.1. The molecule has 2 unspecified atom stereocenters. The van der Waals surface area contributed by atoms with Crippen LogP contribution in [-0.2, 0) is 65.4 Å². The monoisotopic (exact) mass is 1310 g/mol. The van der Waals surface area contributed by atoms with E-state index in [0.717, 1.165) is 108 Å². The number of phosphoric acid groups is 2. The first-order valence-electron chi connectivity index (χ1n) is 36.5. The van der Waals surface area contributed by atoms with Crippen molar-refractivity contribution in [1.29, 1.82) is 0 Å². The van der Waals surface area contributed by atoms with E-state index in [2.05, 4.69) is 41.5 Å². The fourth-order valence-electron chi connectivity index (χ4n) is 10.6. The molecule has 0 spiro atoms. The highest BCUT2D eigenvalue weighted by Gasteiger charge is 2.30. The minimum Gasteiger partial charge on any atom is -0.462 e. The van der Waals surface area contributed by atoms with Gasteiger partial charge in [0.1, 0.15) is 19.3 Å². The molecule has 89 heavy (non-hydrogen) atoms. The van der Waals surface area contributed by atoms with Gasteiger partial charge in [0.05, 0.1) is 26.4 Å². The lowest BCUT2D eigenvalue weighted by Gasteiger charge is -2.21. The zero-order valence-corrected chi connectivity index (χ0v) is 59.5. The Morgan fingerprint density at radius 3 is 0.764 bits per heavy atom. The Morgan fingerprint density at radius 1 is 0.303 bits per heavy atom. The normalized spacial score (nSPS) is 14.1. The number of carbonyl (C=O) groups is 4. The first kappa shape index (κ1) is 87.1. The van der Waals surface area contributed by atoms with Crippen molar-refractivity contribution < 1.29 is 80.2 Å². The second-order valence-electron chi connectivity index (χ2n) is 26.2. The molecule has 0 aliphatic rings. The van der Waals surface area contributed by atoms with Crippen LogP contribution < -0.4 is 0 Å². The molecule has 3 N–H and O–H groups in total. The number of aliphatic hydroxyl groups excluding tert-OH is 1. The molecule has 0 radical (unpaired) electrons. The van der Waals surface area contributed by atoms with Crippen LogP contribution in [0.25, 0.3) is 0 Å². The van der Waals surface area contributed by atoms with Gasteiger partial charge in [-0.25, -0.2) is 9.13 Å². The topological polar surface area (TPSA) is 237 Å². The zero-order chi connectivity index (χ0) is 65.7. The van der Waals surface area contributed by atoms with Crippen LogP contribution in [0.3, 0.4) is 0 Å². The summed E-state index contributed by atoms with van der Waals surface area (Å²) in [5.74, 6) is -0.558. The molecule has 0 amide bonds. The summed E-state index contributed by atoms with van der Waals surface area (Å²) in [6.07, 6.45) is 47.7. The predicted octanol–water partition coefficient (Wildman–Crippen LogP) is 20.0. The van der Waals surface area contributed by atoms with Crippen molar-refractivity contribution in [3.05, 3.63) is 0 Å². The molecule has 0 rings (SSSR count). The summed E-state index contributed by atoms with van der Waals surface area (Å²) in [6, 6.07) is 0. The van der Waals surface area contributed by atoms with E-state index in [9.17, 15) is 43.2 Å². The van der Waals surface area contributed by atoms with Crippen molar-refractivity contribution in [2.24, 2.45) is 11.8 Å². The molecule has 0 heterocycles. The lowest BCUT2D eigenvalue weighted by molar-refractivity contribution is -0.161.